The zero-order chi connectivity index (χ0) is 25.0. The normalized spacial score (nSPS) is 16.6. The number of nitrogens with one attached hydrogen (secondary N) is 4. The van der Waals surface area contributed by atoms with E-state index in [4.69, 9.17) is 0 Å². The molecule has 10 heteroatoms. The summed E-state index contributed by atoms with van der Waals surface area (Å²) in [7, 11) is 1.76. The number of ketones is 1. The highest BCUT2D eigenvalue weighted by Gasteiger charge is 2.35. The fraction of sp³-hybridized carbons (Fsp3) is 0.458. The molecule has 1 saturated heterocycles. The zero-order valence-electron chi connectivity index (χ0n) is 19.9. The van der Waals surface area contributed by atoms with Crippen LogP contribution in [0.5, 0.6) is 0 Å². The summed E-state index contributed by atoms with van der Waals surface area (Å²) in [5, 5.41) is 11.2. The van der Waals surface area contributed by atoms with Gasteiger partial charge in [-0.25, -0.2) is 0 Å². The summed E-state index contributed by atoms with van der Waals surface area (Å²) in [6.07, 6.45) is 0.516. The average Bonchev–Trinajstić information content (AvgIpc) is 3.32. The Morgan fingerprint density at radius 2 is 1.88 bits per heavy atom. The highest BCUT2D eigenvalue weighted by Crippen LogP contribution is 2.19. The van der Waals surface area contributed by atoms with E-state index in [1.165, 1.54) is 0 Å². The molecule has 4 amide bonds. The number of carbonyl (C=O) groups is 5. The molecule has 0 bridgehead atoms. The molecule has 3 rings (SSSR count). The number of aromatic nitrogens is 1. The Balaban J connectivity index is 1.65. The summed E-state index contributed by atoms with van der Waals surface area (Å²) in [4.78, 5) is 62.5. The number of aryl methyl sites for hydroxylation is 1. The first kappa shape index (κ1) is 24.9. The van der Waals surface area contributed by atoms with E-state index in [1.54, 1.807) is 38.5 Å². The lowest BCUT2D eigenvalue weighted by Crippen LogP contribution is -2.53. The van der Waals surface area contributed by atoms with Gasteiger partial charge in [-0.1, -0.05) is 18.2 Å². The van der Waals surface area contributed by atoms with Crippen molar-refractivity contribution in [2.24, 2.45) is 13.0 Å². The van der Waals surface area contributed by atoms with E-state index < -0.39 is 41.0 Å². The molecule has 0 radical (unpaired) electrons. The molecule has 0 saturated carbocycles. The van der Waals surface area contributed by atoms with Crippen LogP contribution >= 0.6 is 0 Å². The van der Waals surface area contributed by atoms with Crippen LogP contribution in [0.3, 0.4) is 0 Å². The van der Waals surface area contributed by atoms with Crippen molar-refractivity contribution in [1.82, 2.24) is 25.8 Å². The fourth-order valence-corrected chi connectivity index (χ4v) is 3.95. The number of amides is 4. The van der Waals surface area contributed by atoms with E-state index in [2.05, 4.69) is 21.3 Å². The number of hydrogen-bond donors (Lipinski definition) is 4. The predicted octanol–water partition coefficient (Wildman–Crippen LogP) is 0.403. The third-order valence-corrected chi connectivity index (χ3v) is 5.64. The monoisotopic (exact) mass is 469 g/mol. The molecular weight excluding hydrogens is 438 g/mol. The number of Topliss-reactive ketones (excluding diaryl/α,β-unsaturated/α-hetero) is 1. The minimum absolute atomic E-state index is 0.00508. The Morgan fingerprint density at radius 3 is 2.50 bits per heavy atom. The predicted molar refractivity (Wildman–Crippen MR) is 126 cm³/mol. The van der Waals surface area contributed by atoms with Crippen LogP contribution in [0.4, 0.5) is 0 Å². The van der Waals surface area contributed by atoms with Crippen molar-refractivity contribution in [3.05, 3.63) is 36.0 Å². The smallest absolute Gasteiger partial charge is 0.290 e. The van der Waals surface area contributed by atoms with Crippen molar-refractivity contribution in [1.29, 1.82) is 0 Å². The van der Waals surface area contributed by atoms with Gasteiger partial charge in [0.05, 0.1) is 12.6 Å². The maximum atomic E-state index is 12.8. The van der Waals surface area contributed by atoms with Gasteiger partial charge in [0.25, 0.3) is 11.8 Å². The molecule has 1 aliphatic heterocycles. The van der Waals surface area contributed by atoms with Crippen LogP contribution in [0.1, 0.15) is 44.1 Å². The van der Waals surface area contributed by atoms with E-state index in [1.807, 2.05) is 24.3 Å². The second-order valence-electron chi connectivity index (χ2n) is 9.53. The van der Waals surface area contributed by atoms with Crippen LogP contribution in [0, 0.1) is 5.92 Å². The highest BCUT2D eigenvalue weighted by molar-refractivity contribution is 6.38. The molecule has 0 unspecified atom stereocenters. The van der Waals surface area contributed by atoms with Gasteiger partial charge in [0.1, 0.15) is 5.69 Å². The number of carbonyl (C=O) groups excluding carboxylic acids is 5. The molecule has 2 aromatic rings. The quantitative estimate of drug-likeness (QED) is 0.415. The molecule has 1 aliphatic rings. The van der Waals surface area contributed by atoms with Gasteiger partial charge in [-0.05, 0) is 45.7 Å². The third kappa shape index (κ3) is 6.00. The Hall–Kier alpha value is -3.69. The van der Waals surface area contributed by atoms with Crippen LogP contribution in [0.15, 0.2) is 30.3 Å². The van der Waals surface area contributed by atoms with Crippen molar-refractivity contribution >= 4 is 40.3 Å². The lowest BCUT2D eigenvalue weighted by molar-refractivity contribution is -0.141. The number of benzene rings is 1. The fourth-order valence-electron chi connectivity index (χ4n) is 3.95. The van der Waals surface area contributed by atoms with Gasteiger partial charge >= 0.3 is 0 Å². The number of nitrogens with zero attached hydrogens (tertiary/aromatic N) is 1. The molecule has 182 valence electrons. The largest absolute Gasteiger partial charge is 0.356 e. The Morgan fingerprint density at radius 1 is 1.18 bits per heavy atom. The second kappa shape index (κ2) is 10.1. The van der Waals surface area contributed by atoms with Gasteiger partial charge in [0.2, 0.25) is 17.6 Å². The van der Waals surface area contributed by atoms with E-state index in [0.29, 0.717) is 18.7 Å². The summed E-state index contributed by atoms with van der Waals surface area (Å²) >= 11 is 0. The van der Waals surface area contributed by atoms with Gasteiger partial charge in [0.15, 0.2) is 0 Å². The summed E-state index contributed by atoms with van der Waals surface area (Å²) in [5.41, 5.74) is 0.620. The standard InChI is InChI=1S/C24H31N5O5/c1-24(2,3)28-23(34)20(31)16(11-15-9-10-25-21(15)32)27-19(30)13-26-22(33)18-12-14-7-5-6-8-17(14)29(18)4/h5-8,12,15-16H,9-11,13H2,1-4H3,(H,25,32)(H,26,33)(H,27,30)(H,28,34)/t15-,16-/m0/s1. The van der Waals surface area contributed by atoms with Crippen molar-refractivity contribution < 1.29 is 24.0 Å². The van der Waals surface area contributed by atoms with Gasteiger partial charge in [-0.2, -0.15) is 0 Å². The van der Waals surface area contributed by atoms with Crippen molar-refractivity contribution in [3.8, 4) is 0 Å². The molecule has 2 atom stereocenters. The molecule has 4 N–H and O–H groups in total. The maximum Gasteiger partial charge on any atom is 0.290 e. The summed E-state index contributed by atoms with van der Waals surface area (Å²) in [6, 6.07) is 8.06. The number of hydrogen-bond acceptors (Lipinski definition) is 5. The molecule has 2 heterocycles. The number of para-hydroxylation sites is 1. The summed E-state index contributed by atoms with van der Waals surface area (Å²) < 4.78 is 1.73. The summed E-state index contributed by atoms with van der Waals surface area (Å²) in [6.45, 7) is 5.30. The SMILES string of the molecule is Cn1c(C(=O)NCC(=O)N[C@@H](C[C@@H]2CCNC2=O)C(=O)C(=O)NC(C)(C)C)cc2ccccc21. The van der Waals surface area contributed by atoms with Crippen molar-refractivity contribution in [3.63, 3.8) is 0 Å². The topological polar surface area (TPSA) is 138 Å². The van der Waals surface area contributed by atoms with Crippen LogP contribution in [0.25, 0.3) is 10.9 Å². The van der Waals surface area contributed by atoms with E-state index >= 15 is 0 Å². The molecule has 1 fully saturated rings. The van der Waals surface area contributed by atoms with Gasteiger partial charge < -0.3 is 25.8 Å². The van der Waals surface area contributed by atoms with Crippen LogP contribution in [0.2, 0.25) is 0 Å². The molecule has 0 aliphatic carbocycles. The summed E-state index contributed by atoms with van der Waals surface area (Å²) in [5.74, 6) is -3.45. The Kier molecular flexibility index (Phi) is 7.38. The molecular formula is C24H31N5O5. The zero-order valence-corrected chi connectivity index (χ0v) is 19.9. The van der Waals surface area contributed by atoms with Gasteiger partial charge in [-0.15, -0.1) is 0 Å². The second-order valence-corrected chi connectivity index (χ2v) is 9.53. The van der Waals surface area contributed by atoms with Crippen LogP contribution in [-0.4, -0.2) is 58.6 Å². The third-order valence-electron chi connectivity index (χ3n) is 5.64. The van der Waals surface area contributed by atoms with Crippen LogP contribution < -0.4 is 21.3 Å². The first-order valence-electron chi connectivity index (χ1n) is 11.2. The number of fused-ring (bicyclic) bond motifs is 1. The molecule has 10 nitrogen and oxygen atoms in total. The van der Waals surface area contributed by atoms with E-state index in [9.17, 15) is 24.0 Å². The lowest BCUT2D eigenvalue weighted by Gasteiger charge is -2.23. The minimum Gasteiger partial charge on any atom is -0.356 e. The first-order valence-corrected chi connectivity index (χ1v) is 11.2. The molecule has 0 spiro atoms. The maximum absolute atomic E-state index is 12.8. The van der Waals surface area contributed by atoms with Crippen LogP contribution in [-0.2, 0) is 26.2 Å². The Bertz CT molecular complexity index is 1130. The Labute approximate surface area is 197 Å². The van der Waals surface area contributed by atoms with Crippen molar-refractivity contribution in [2.45, 2.75) is 45.2 Å². The highest BCUT2D eigenvalue weighted by atomic mass is 16.2. The minimum atomic E-state index is -1.18. The van der Waals surface area contributed by atoms with Gasteiger partial charge in [-0.3, -0.25) is 24.0 Å². The number of rotatable bonds is 8. The van der Waals surface area contributed by atoms with E-state index in [0.717, 1.165) is 10.9 Å². The molecule has 1 aromatic carbocycles. The molecule has 34 heavy (non-hydrogen) atoms. The average molecular weight is 470 g/mol. The first-order chi connectivity index (χ1) is 16.0. The van der Waals surface area contributed by atoms with E-state index in [-0.39, 0.29) is 18.9 Å². The van der Waals surface area contributed by atoms with Crippen molar-refractivity contribution in [2.75, 3.05) is 13.1 Å². The lowest BCUT2D eigenvalue weighted by atomic mass is 9.95. The molecule has 1 aromatic heterocycles. The van der Waals surface area contributed by atoms with Gasteiger partial charge in [0, 0.05) is 36.0 Å².